The fourth-order valence-corrected chi connectivity index (χ4v) is 3.08. The highest BCUT2D eigenvalue weighted by Crippen LogP contribution is 2.34. The number of aromatic nitrogens is 1. The van der Waals surface area contributed by atoms with Crippen molar-refractivity contribution in [1.29, 1.82) is 0 Å². The molecule has 0 bridgehead atoms. The SMILES string of the molecule is CN(C)c1cccc([C@H]2CCCN2C(=O)c2ccc(=O)[nH]c2)c1. The fourth-order valence-electron chi connectivity index (χ4n) is 3.08. The van der Waals surface area contributed by atoms with Crippen molar-refractivity contribution in [1.82, 2.24) is 9.88 Å². The lowest BCUT2D eigenvalue weighted by atomic mass is 10.0. The Morgan fingerprint density at radius 2 is 2.09 bits per heavy atom. The number of likely N-dealkylation sites (tertiary alicyclic amines) is 1. The second kappa shape index (κ2) is 6.28. The van der Waals surface area contributed by atoms with Crippen LogP contribution in [0.3, 0.4) is 0 Å². The zero-order chi connectivity index (χ0) is 16.4. The number of carbonyl (C=O) groups excluding carboxylic acids is 1. The number of hydrogen-bond acceptors (Lipinski definition) is 3. The number of hydrogen-bond donors (Lipinski definition) is 1. The van der Waals surface area contributed by atoms with Crippen LogP contribution in [0.1, 0.15) is 34.8 Å². The van der Waals surface area contributed by atoms with Crippen molar-refractivity contribution in [2.45, 2.75) is 18.9 Å². The van der Waals surface area contributed by atoms with Crippen molar-refractivity contribution in [3.63, 3.8) is 0 Å². The molecule has 0 spiro atoms. The van der Waals surface area contributed by atoms with Gasteiger partial charge in [0, 0.05) is 38.6 Å². The zero-order valence-electron chi connectivity index (χ0n) is 13.5. The molecule has 1 amide bonds. The van der Waals surface area contributed by atoms with Gasteiger partial charge >= 0.3 is 0 Å². The number of aromatic amines is 1. The Bertz CT molecular complexity index is 746. The maximum atomic E-state index is 12.8. The second-order valence-electron chi connectivity index (χ2n) is 6.09. The van der Waals surface area contributed by atoms with E-state index in [1.807, 2.05) is 25.1 Å². The summed E-state index contributed by atoms with van der Waals surface area (Å²) >= 11 is 0. The predicted molar refractivity (Wildman–Crippen MR) is 90.8 cm³/mol. The maximum Gasteiger partial charge on any atom is 0.255 e. The summed E-state index contributed by atoms with van der Waals surface area (Å²) in [5.74, 6) is -0.0287. The number of nitrogens with zero attached hydrogens (tertiary/aromatic N) is 2. The molecule has 2 aromatic rings. The Hall–Kier alpha value is -2.56. The summed E-state index contributed by atoms with van der Waals surface area (Å²) in [6.45, 7) is 0.745. The first-order valence-corrected chi connectivity index (χ1v) is 7.83. The quantitative estimate of drug-likeness (QED) is 0.947. The van der Waals surface area contributed by atoms with E-state index in [-0.39, 0.29) is 17.5 Å². The summed E-state index contributed by atoms with van der Waals surface area (Å²) in [5.41, 5.74) is 2.62. The van der Waals surface area contributed by atoms with E-state index in [0.29, 0.717) is 5.56 Å². The van der Waals surface area contributed by atoms with Crippen LogP contribution in [0, 0.1) is 0 Å². The van der Waals surface area contributed by atoms with Gasteiger partial charge in [-0.05, 0) is 36.6 Å². The fraction of sp³-hybridized carbons (Fsp3) is 0.333. The largest absolute Gasteiger partial charge is 0.378 e. The van der Waals surface area contributed by atoms with E-state index in [9.17, 15) is 9.59 Å². The van der Waals surface area contributed by atoms with Crippen molar-refractivity contribution in [3.8, 4) is 0 Å². The van der Waals surface area contributed by atoms with Gasteiger partial charge < -0.3 is 14.8 Å². The number of anilines is 1. The lowest BCUT2D eigenvalue weighted by Gasteiger charge is -2.26. The lowest BCUT2D eigenvalue weighted by Crippen LogP contribution is -2.31. The topological polar surface area (TPSA) is 56.4 Å². The molecule has 23 heavy (non-hydrogen) atoms. The van der Waals surface area contributed by atoms with Crippen LogP contribution in [0.15, 0.2) is 47.4 Å². The van der Waals surface area contributed by atoms with Gasteiger partial charge in [-0.15, -0.1) is 0 Å². The van der Waals surface area contributed by atoms with Gasteiger partial charge in [0.05, 0.1) is 11.6 Å². The summed E-state index contributed by atoms with van der Waals surface area (Å²) in [4.78, 5) is 30.5. The van der Waals surface area contributed by atoms with Crippen molar-refractivity contribution >= 4 is 11.6 Å². The molecular formula is C18H21N3O2. The summed E-state index contributed by atoms with van der Waals surface area (Å²) < 4.78 is 0. The van der Waals surface area contributed by atoms with Crippen molar-refractivity contribution in [2.75, 3.05) is 25.5 Å². The molecule has 0 aliphatic carbocycles. The molecule has 0 radical (unpaired) electrons. The zero-order valence-corrected chi connectivity index (χ0v) is 13.5. The Labute approximate surface area is 135 Å². The van der Waals surface area contributed by atoms with Gasteiger partial charge in [-0.1, -0.05) is 12.1 Å². The molecule has 3 rings (SSSR count). The molecule has 120 valence electrons. The van der Waals surface area contributed by atoms with E-state index in [1.54, 1.807) is 6.07 Å². The third kappa shape index (κ3) is 3.13. The highest BCUT2D eigenvalue weighted by molar-refractivity contribution is 5.94. The average molecular weight is 311 g/mol. The number of benzene rings is 1. The van der Waals surface area contributed by atoms with Gasteiger partial charge in [0.1, 0.15) is 0 Å². The minimum Gasteiger partial charge on any atom is -0.378 e. The Kier molecular flexibility index (Phi) is 4.19. The molecule has 1 aliphatic rings. The summed E-state index contributed by atoms with van der Waals surface area (Å²) in [6, 6.07) is 11.4. The van der Waals surface area contributed by atoms with E-state index in [4.69, 9.17) is 0 Å². The number of pyridine rings is 1. The number of rotatable bonds is 3. The van der Waals surface area contributed by atoms with E-state index in [1.165, 1.54) is 12.3 Å². The Morgan fingerprint density at radius 1 is 1.26 bits per heavy atom. The molecule has 2 heterocycles. The molecule has 1 atom stereocenters. The highest BCUT2D eigenvalue weighted by atomic mass is 16.2. The van der Waals surface area contributed by atoms with Gasteiger partial charge in [0.25, 0.3) is 5.91 Å². The number of amides is 1. The summed E-state index contributed by atoms with van der Waals surface area (Å²) in [5, 5.41) is 0. The first kappa shape index (κ1) is 15.3. The normalized spacial score (nSPS) is 17.3. The molecule has 0 unspecified atom stereocenters. The van der Waals surface area contributed by atoms with E-state index < -0.39 is 0 Å². The molecule has 1 N–H and O–H groups in total. The van der Waals surface area contributed by atoms with Gasteiger partial charge in [-0.3, -0.25) is 9.59 Å². The van der Waals surface area contributed by atoms with Crippen molar-refractivity contribution < 1.29 is 4.79 Å². The highest BCUT2D eigenvalue weighted by Gasteiger charge is 2.30. The number of H-pyrrole nitrogens is 1. The lowest BCUT2D eigenvalue weighted by molar-refractivity contribution is 0.0735. The Morgan fingerprint density at radius 3 is 2.78 bits per heavy atom. The minimum absolute atomic E-state index is 0.0287. The predicted octanol–water partition coefficient (Wildman–Crippen LogP) is 2.42. The molecule has 5 nitrogen and oxygen atoms in total. The van der Waals surface area contributed by atoms with Crippen LogP contribution in [0.5, 0.6) is 0 Å². The first-order chi connectivity index (χ1) is 11.1. The number of nitrogens with one attached hydrogen (secondary N) is 1. The van der Waals surface area contributed by atoms with Crippen LogP contribution >= 0.6 is 0 Å². The Balaban J connectivity index is 1.88. The van der Waals surface area contributed by atoms with Crippen LogP contribution in [0.2, 0.25) is 0 Å². The molecule has 5 heteroatoms. The third-order valence-corrected chi connectivity index (χ3v) is 4.32. The molecule has 1 saturated heterocycles. The van der Waals surface area contributed by atoms with Crippen molar-refractivity contribution in [3.05, 3.63) is 64.1 Å². The van der Waals surface area contributed by atoms with Crippen LogP contribution in [0.25, 0.3) is 0 Å². The minimum atomic E-state index is -0.196. The number of carbonyl (C=O) groups is 1. The van der Waals surface area contributed by atoms with Gasteiger partial charge in [-0.25, -0.2) is 0 Å². The van der Waals surface area contributed by atoms with Crippen LogP contribution in [-0.4, -0.2) is 36.4 Å². The first-order valence-electron chi connectivity index (χ1n) is 7.83. The van der Waals surface area contributed by atoms with Crippen LogP contribution < -0.4 is 10.5 Å². The van der Waals surface area contributed by atoms with Crippen LogP contribution in [-0.2, 0) is 0 Å². The smallest absolute Gasteiger partial charge is 0.255 e. The molecule has 1 aromatic carbocycles. The summed E-state index contributed by atoms with van der Waals surface area (Å²) in [7, 11) is 4.02. The van der Waals surface area contributed by atoms with Gasteiger partial charge in [0.2, 0.25) is 5.56 Å². The average Bonchev–Trinajstić information content (AvgIpc) is 3.04. The van der Waals surface area contributed by atoms with E-state index in [2.05, 4.69) is 28.1 Å². The molecular weight excluding hydrogens is 290 g/mol. The van der Waals surface area contributed by atoms with Crippen LogP contribution in [0.4, 0.5) is 5.69 Å². The van der Waals surface area contributed by atoms with Crippen molar-refractivity contribution in [2.24, 2.45) is 0 Å². The maximum absolute atomic E-state index is 12.8. The molecule has 1 aliphatic heterocycles. The molecule has 0 saturated carbocycles. The third-order valence-electron chi connectivity index (χ3n) is 4.32. The second-order valence-corrected chi connectivity index (χ2v) is 6.09. The summed E-state index contributed by atoms with van der Waals surface area (Å²) in [6.07, 6.45) is 3.45. The molecule has 1 fully saturated rings. The van der Waals surface area contributed by atoms with Gasteiger partial charge in [0.15, 0.2) is 0 Å². The molecule has 1 aromatic heterocycles. The monoisotopic (exact) mass is 311 g/mol. The standard InChI is InChI=1S/C18H21N3O2/c1-20(2)15-6-3-5-13(11-15)16-7-4-10-21(16)18(23)14-8-9-17(22)19-12-14/h3,5-6,8-9,11-12,16H,4,7,10H2,1-2H3,(H,19,22)/t16-/m1/s1. The van der Waals surface area contributed by atoms with E-state index in [0.717, 1.165) is 30.6 Å². The van der Waals surface area contributed by atoms with Gasteiger partial charge in [-0.2, -0.15) is 0 Å². The van der Waals surface area contributed by atoms with E-state index >= 15 is 0 Å².